The van der Waals surface area contributed by atoms with E-state index < -0.39 is 0 Å². The smallest absolute Gasteiger partial charge is 0.221 e. The minimum absolute atomic E-state index is 0.0602. The van der Waals surface area contributed by atoms with Crippen LogP contribution in [0.1, 0.15) is 6.92 Å². The van der Waals surface area contributed by atoms with Crippen molar-refractivity contribution in [2.45, 2.75) is 6.92 Å². The molecule has 1 rings (SSSR count). The number of nitrogens with one attached hydrogen (secondary N) is 2. The van der Waals surface area contributed by atoms with Gasteiger partial charge in [-0.2, -0.15) is 0 Å². The Labute approximate surface area is 112 Å². The summed E-state index contributed by atoms with van der Waals surface area (Å²) < 4.78 is 0. The monoisotopic (exact) mass is 267 g/mol. The largest absolute Gasteiger partial charge is 0.733 e. The Bertz CT molecular complexity index is 435. The molecule has 3 N–H and O–H groups in total. The van der Waals surface area contributed by atoms with Gasteiger partial charge in [0.25, 0.3) is 0 Å². The van der Waals surface area contributed by atoms with Gasteiger partial charge in [-0.15, -0.1) is 0 Å². The first-order chi connectivity index (χ1) is 8.90. The van der Waals surface area contributed by atoms with Crippen LogP contribution in [0, 0.1) is 5.21 Å². The third kappa shape index (κ3) is 5.12. The highest BCUT2D eigenvalue weighted by atomic mass is 16.8. The summed E-state index contributed by atoms with van der Waals surface area (Å²) in [4.78, 5) is 12.9. The Kier molecular flexibility index (Phi) is 5.56. The van der Waals surface area contributed by atoms with E-state index in [0.29, 0.717) is 17.9 Å². The maximum atomic E-state index is 11.1. The number of amides is 1. The molecule has 0 fully saturated rings. The number of rotatable bonds is 6. The lowest BCUT2D eigenvalue weighted by molar-refractivity contribution is -0.114. The van der Waals surface area contributed by atoms with Gasteiger partial charge in [0, 0.05) is 25.7 Å². The summed E-state index contributed by atoms with van der Waals surface area (Å²) in [7, 11) is 3.88. The Morgan fingerprint density at radius 1 is 1.42 bits per heavy atom. The molecule has 106 valence electrons. The third-order valence-corrected chi connectivity index (χ3v) is 2.40. The van der Waals surface area contributed by atoms with E-state index >= 15 is 0 Å². The van der Waals surface area contributed by atoms with Crippen molar-refractivity contribution in [2.75, 3.05) is 43.0 Å². The number of hydrogen-bond donors (Lipinski definition) is 3. The minimum atomic E-state index is -0.241. The summed E-state index contributed by atoms with van der Waals surface area (Å²) in [6.07, 6.45) is 0. The van der Waals surface area contributed by atoms with Gasteiger partial charge in [-0.25, -0.2) is 0 Å². The highest BCUT2D eigenvalue weighted by molar-refractivity contribution is 5.90. The molecule has 0 spiro atoms. The van der Waals surface area contributed by atoms with Gasteiger partial charge >= 0.3 is 0 Å². The van der Waals surface area contributed by atoms with Crippen molar-refractivity contribution in [3.63, 3.8) is 0 Å². The van der Waals surface area contributed by atoms with Gasteiger partial charge in [0.1, 0.15) is 0 Å². The topological polar surface area (TPSA) is 90.9 Å². The van der Waals surface area contributed by atoms with Crippen molar-refractivity contribution in [3.8, 4) is 0 Å². The van der Waals surface area contributed by atoms with E-state index in [1.165, 1.54) is 13.0 Å². The number of anilines is 3. The molecule has 7 heteroatoms. The molecule has 0 heterocycles. The van der Waals surface area contributed by atoms with E-state index in [1.54, 1.807) is 12.1 Å². The molecule has 0 aliphatic heterocycles. The number of benzene rings is 1. The zero-order chi connectivity index (χ0) is 14.4. The summed E-state index contributed by atoms with van der Waals surface area (Å²) in [6, 6.07) is 4.70. The van der Waals surface area contributed by atoms with Gasteiger partial charge in [-0.3, -0.25) is 10.0 Å². The Morgan fingerprint density at radius 3 is 2.63 bits per heavy atom. The molecule has 1 aromatic carbocycles. The van der Waals surface area contributed by atoms with Crippen LogP contribution < -0.4 is 15.9 Å². The fraction of sp³-hybridized carbons (Fsp3) is 0.417. The Morgan fingerprint density at radius 2 is 2.11 bits per heavy atom. The molecule has 0 bridgehead atoms. The number of nitrogens with zero attached hydrogens (tertiary/aromatic N) is 2. The molecule has 0 saturated heterocycles. The molecular weight excluding hydrogens is 248 g/mol. The number of likely N-dealkylation sites (N-methyl/N-ethyl adjacent to an activating group) is 1. The summed E-state index contributed by atoms with van der Waals surface area (Å²) >= 11 is 0. The van der Waals surface area contributed by atoms with Crippen LogP contribution >= 0.6 is 0 Å². The van der Waals surface area contributed by atoms with Crippen LogP contribution in [0.2, 0.25) is 0 Å². The zero-order valence-electron chi connectivity index (χ0n) is 11.3. The molecule has 0 aliphatic carbocycles. The average Bonchev–Trinajstić information content (AvgIpc) is 2.29. The van der Waals surface area contributed by atoms with E-state index in [0.717, 1.165) is 6.54 Å². The van der Waals surface area contributed by atoms with Gasteiger partial charge in [0.15, 0.2) is 0 Å². The lowest BCUT2D eigenvalue weighted by atomic mass is 10.2. The maximum Gasteiger partial charge on any atom is 0.221 e. The number of hydrogen-bond acceptors (Lipinski definition) is 6. The predicted octanol–water partition coefficient (Wildman–Crippen LogP) is 1.31. The van der Waals surface area contributed by atoms with Gasteiger partial charge in [-0.1, -0.05) is 0 Å². The van der Waals surface area contributed by atoms with Crippen LogP contribution in [0.25, 0.3) is 0 Å². The molecule has 19 heavy (non-hydrogen) atoms. The van der Waals surface area contributed by atoms with Crippen molar-refractivity contribution in [1.82, 2.24) is 4.90 Å². The average molecular weight is 267 g/mol. The van der Waals surface area contributed by atoms with Crippen molar-refractivity contribution < 1.29 is 10.0 Å². The van der Waals surface area contributed by atoms with Crippen molar-refractivity contribution in [1.29, 1.82) is 0 Å². The molecule has 1 amide bonds. The van der Waals surface area contributed by atoms with E-state index in [-0.39, 0.29) is 16.8 Å². The van der Waals surface area contributed by atoms with Crippen LogP contribution in [0.15, 0.2) is 18.2 Å². The molecule has 0 aromatic heterocycles. The second-order valence-electron chi connectivity index (χ2n) is 4.42. The lowest BCUT2D eigenvalue weighted by Gasteiger charge is -2.26. The second-order valence-corrected chi connectivity index (χ2v) is 4.42. The van der Waals surface area contributed by atoms with Crippen LogP contribution in [0.4, 0.5) is 17.1 Å². The van der Waals surface area contributed by atoms with E-state index in [4.69, 9.17) is 5.21 Å². The summed E-state index contributed by atoms with van der Waals surface area (Å²) in [5, 5.41) is 25.6. The van der Waals surface area contributed by atoms with Gasteiger partial charge in [-0.05, 0) is 32.3 Å². The molecule has 7 nitrogen and oxygen atoms in total. The number of carbonyl (C=O) groups is 1. The van der Waals surface area contributed by atoms with Crippen LogP contribution in [0.5, 0.6) is 0 Å². The Balaban J connectivity index is 2.82. The fourth-order valence-electron chi connectivity index (χ4n) is 1.53. The standard InChI is InChI=1S/C12H19N4O3/c1-9(17)14-10-4-5-11(12(8-10)16(18)19)13-6-7-15(2)3/h4-5,8,13,18H,6-7H2,1-3H3,(H,14,17)/q-1. The van der Waals surface area contributed by atoms with E-state index in [9.17, 15) is 10.0 Å². The van der Waals surface area contributed by atoms with Crippen LogP contribution in [-0.2, 0) is 4.79 Å². The quantitative estimate of drug-likeness (QED) is 0.673. The normalized spacial score (nSPS) is 10.4. The SMILES string of the molecule is CC(=O)Nc1ccc(NCCN(C)C)c(N([O-])O)c1. The molecular formula is C12H19N4O3-. The van der Waals surface area contributed by atoms with Crippen LogP contribution in [-0.4, -0.2) is 43.2 Å². The first-order valence-electron chi connectivity index (χ1n) is 5.86. The fourth-order valence-corrected chi connectivity index (χ4v) is 1.53. The van der Waals surface area contributed by atoms with Gasteiger partial charge in [0.05, 0.1) is 11.4 Å². The predicted molar refractivity (Wildman–Crippen MR) is 75.4 cm³/mol. The molecule has 0 aliphatic rings. The third-order valence-electron chi connectivity index (χ3n) is 2.40. The molecule has 0 unspecified atom stereocenters. The second kappa shape index (κ2) is 6.93. The summed E-state index contributed by atoms with van der Waals surface area (Å²) in [5.74, 6) is -0.241. The molecule has 0 saturated carbocycles. The molecule has 0 radical (unpaired) electrons. The maximum absolute atomic E-state index is 11.1. The number of carbonyl (C=O) groups excluding carboxylic acids is 1. The molecule has 0 atom stereocenters. The highest BCUT2D eigenvalue weighted by Gasteiger charge is 2.06. The Hall–Kier alpha value is -1.83. The van der Waals surface area contributed by atoms with Crippen LogP contribution in [0.3, 0.4) is 0 Å². The van der Waals surface area contributed by atoms with E-state index in [1.807, 2.05) is 19.0 Å². The van der Waals surface area contributed by atoms with Crippen molar-refractivity contribution in [3.05, 3.63) is 23.4 Å². The van der Waals surface area contributed by atoms with Gasteiger partial charge < -0.3 is 26.0 Å². The van der Waals surface area contributed by atoms with Crippen molar-refractivity contribution >= 4 is 23.0 Å². The minimum Gasteiger partial charge on any atom is -0.733 e. The van der Waals surface area contributed by atoms with E-state index in [2.05, 4.69) is 10.6 Å². The van der Waals surface area contributed by atoms with Crippen molar-refractivity contribution in [2.24, 2.45) is 0 Å². The summed E-state index contributed by atoms with van der Waals surface area (Å²) in [5.41, 5.74) is 1.02. The lowest BCUT2D eigenvalue weighted by Crippen LogP contribution is -2.21. The highest BCUT2D eigenvalue weighted by Crippen LogP contribution is 2.28. The first kappa shape index (κ1) is 15.2. The van der Waals surface area contributed by atoms with Gasteiger partial charge in [0.2, 0.25) is 5.91 Å². The zero-order valence-corrected chi connectivity index (χ0v) is 11.3. The first-order valence-corrected chi connectivity index (χ1v) is 5.86. The molecule has 1 aromatic rings. The summed E-state index contributed by atoms with van der Waals surface area (Å²) in [6.45, 7) is 2.79.